The van der Waals surface area contributed by atoms with Crippen LogP contribution in [0.2, 0.25) is 0 Å². The van der Waals surface area contributed by atoms with Crippen molar-refractivity contribution in [2.75, 3.05) is 52.7 Å². The van der Waals surface area contributed by atoms with E-state index in [9.17, 15) is 9.59 Å². The van der Waals surface area contributed by atoms with Crippen LogP contribution in [0.25, 0.3) is 0 Å². The minimum Gasteiger partial charge on any atom is -0.467 e. The minimum absolute atomic E-state index is 0.0126. The van der Waals surface area contributed by atoms with E-state index >= 15 is 0 Å². The first-order chi connectivity index (χ1) is 18.2. The Hall–Kier alpha value is -3.04. The maximum absolute atomic E-state index is 13.8. The van der Waals surface area contributed by atoms with E-state index in [-0.39, 0.29) is 31.1 Å². The standard InChI is InChI=1S/C28H37N3O6/c32-27(20-30(11-10-29-12-15-34-16-13-29)28(33)23-5-2-1-3-6-23)31(19-24-7-4-14-35-24)18-22-8-9-25-26(17-22)37-21-36-25/h4,7-9,14,17,23H,1-3,5-6,10-13,15-16,18-21H2. The Morgan fingerprint density at radius 1 is 0.946 bits per heavy atom. The summed E-state index contributed by atoms with van der Waals surface area (Å²) < 4.78 is 22.0. The van der Waals surface area contributed by atoms with Crippen molar-refractivity contribution in [3.63, 3.8) is 0 Å². The topological polar surface area (TPSA) is 84.7 Å². The summed E-state index contributed by atoms with van der Waals surface area (Å²) in [7, 11) is 0. The highest BCUT2D eigenvalue weighted by Gasteiger charge is 2.29. The zero-order valence-electron chi connectivity index (χ0n) is 21.4. The van der Waals surface area contributed by atoms with Gasteiger partial charge < -0.3 is 28.4 Å². The van der Waals surface area contributed by atoms with Crippen LogP contribution in [0.4, 0.5) is 0 Å². The summed E-state index contributed by atoms with van der Waals surface area (Å²) in [6.45, 7) is 5.39. The molecule has 0 N–H and O–H groups in total. The van der Waals surface area contributed by atoms with Crippen molar-refractivity contribution in [1.29, 1.82) is 0 Å². The number of morpholine rings is 1. The van der Waals surface area contributed by atoms with E-state index < -0.39 is 0 Å². The molecule has 200 valence electrons. The molecule has 1 aromatic carbocycles. The van der Waals surface area contributed by atoms with Crippen LogP contribution in [0, 0.1) is 5.92 Å². The number of furan rings is 1. The first-order valence-corrected chi connectivity index (χ1v) is 13.4. The second-order valence-electron chi connectivity index (χ2n) is 10.1. The molecule has 1 aliphatic carbocycles. The highest BCUT2D eigenvalue weighted by molar-refractivity contribution is 5.86. The Labute approximate surface area is 218 Å². The van der Waals surface area contributed by atoms with Crippen molar-refractivity contribution in [3.05, 3.63) is 47.9 Å². The molecule has 0 bridgehead atoms. The van der Waals surface area contributed by atoms with Gasteiger partial charge in [0.05, 0.1) is 32.6 Å². The van der Waals surface area contributed by atoms with Crippen molar-refractivity contribution in [1.82, 2.24) is 14.7 Å². The minimum atomic E-state index is -0.0970. The molecule has 3 aliphatic rings. The van der Waals surface area contributed by atoms with Crippen LogP contribution in [-0.4, -0.2) is 79.2 Å². The quantitative estimate of drug-likeness (QED) is 0.484. The summed E-state index contributed by atoms with van der Waals surface area (Å²) in [4.78, 5) is 33.2. The lowest BCUT2D eigenvalue weighted by atomic mass is 9.88. The van der Waals surface area contributed by atoms with Crippen LogP contribution < -0.4 is 9.47 Å². The summed E-state index contributed by atoms with van der Waals surface area (Å²) in [6, 6.07) is 9.41. The number of carbonyl (C=O) groups excluding carboxylic acids is 2. The molecule has 0 unspecified atom stereocenters. The predicted molar refractivity (Wildman–Crippen MR) is 136 cm³/mol. The summed E-state index contributed by atoms with van der Waals surface area (Å²) in [5, 5.41) is 0. The molecule has 3 heterocycles. The van der Waals surface area contributed by atoms with E-state index in [1.807, 2.05) is 30.3 Å². The van der Waals surface area contributed by atoms with Gasteiger partial charge in [0.1, 0.15) is 5.76 Å². The van der Waals surface area contributed by atoms with Gasteiger partial charge in [-0.05, 0) is 42.7 Å². The second-order valence-corrected chi connectivity index (χ2v) is 10.1. The molecule has 0 atom stereocenters. The molecule has 2 fully saturated rings. The normalized spacial score (nSPS) is 18.1. The molecule has 0 radical (unpaired) electrons. The fourth-order valence-corrected chi connectivity index (χ4v) is 5.31. The highest BCUT2D eigenvalue weighted by Crippen LogP contribution is 2.33. The Morgan fingerprint density at radius 2 is 1.76 bits per heavy atom. The van der Waals surface area contributed by atoms with Gasteiger partial charge in [-0.2, -0.15) is 0 Å². The first-order valence-electron chi connectivity index (χ1n) is 13.4. The average Bonchev–Trinajstić information content (AvgIpc) is 3.63. The number of amides is 2. The molecule has 2 amide bonds. The number of hydrogen-bond donors (Lipinski definition) is 0. The number of ether oxygens (including phenoxy) is 3. The molecule has 2 aromatic rings. The Morgan fingerprint density at radius 3 is 2.54 bits per heavy atom. The fourth-order valence-electron chi connectivity index (χ4n) is 5.31. The maximum atomic E-state index is 13.8. The van der Waals surface area contributed by atoms with E-state index in [0.29, 0.717) is 50.1 Å². The summed E-state index contributed by atoms with van der Waals surface area (Å²) in [6.07, 6.45) is 6.78. The van der Waals surface area contributed by atoms with Gasteiger partial charge >= 0.3 is 0 Å². The van der Waals surface area contributed by atoms with Crippen LogP contribution in [0.15, 0.2) is 41.0 Å². The SMILES string of the molecule is O=C(CN(CCN1CCOCC1)C(=O)C1CCCCC1)N(Cc1ccc2c(c1)OCO2)Cc1ccco1. The van der Waals surface area contributed by atoms with Gasteiger partial charge in [-0.15, -0.1) is 0 Å². The smallest absolute Gasteiger partial charge is 0.242 e. The molecule has 1 aromatic heterocycles. The van der Waals surface area contributed by atoms with E-state index in [0.717, 1.165) is 50.9 Å². The van der Waals surface area contributed by atoms with Gasteiger partial charge in [-0.3, -0.25) is 14.5 Å². The molecular weight excluding hydrogens is 474 g/mol. The van der Waals surface area contributed by atoms with Crippen molar-refractivity contribution in [2.24, 2.45) is 5.92 Å². The first kappa shape index (κ1) is 25.6. The van der Waals surface area contributed by atoms with Crippen molar-refractivity contribution in [2.45, 2.75) is 45.2 Å². The highest BCUT2D eigenvalue weighted by atomic mass is 16.7. The lowest BCUT2D eigenvalue weighted by Crippen LogP contribution is -2.48. The van der Waals surface area contributed by atoms with Crippen LogP contribution in [0.3, 0.4) is 0 Å². The number of rotatable bonds is 10. The molecule has 9 nitrogen and oxygen atoms in total. The zero-order chi connectivity index (χ0) is 25.5. The van der Waals surface area contributed by atoms with Gasteiger partial charge in [-0.25, -0.2) is 0 Å². The van der Waals surface area contributed by atoms with Crippen LogP contribution >= 0.6 is 0 Å². The van der Waals surface area contributed by atoms with Gasteiger partial charge in [0.25, 0.3) is 0 Å². The third kappa shape index (κ3) is 6.84. The summed E-state index contributed by atoms with van der Waals surface area (Å²) >= 11 is 0. The molecule has 5 rings (SSSR count). The molecule has 1 saturated heterocycles. The van der Waals surface area contributed by atoms with E-state index in [4.69, 9.17) is 18.6 Å². The van der Waals surface area contributed by atoms with Crippen LogP contribution in [0.5, 0.6) is 11.5 Å². The van der Waals surface area contributed by atoms with Crippen LogP contribution in [-0.2, 0) is 27.4 Å². The molecule has 37 heavy (non-hydrogen) atoms. The molecule has 0 spiro atoms. The van der Waals surface area contributed by atoms with E-state index in [1.54, 1.807) is 16.1 Å². The predicted octanol–water partition coefficient (Wildman–Crippen LogP) is 3.28. The number of hydrogen-bond acceptors (Lipinski definition) is 7. The summed E-state index contributed by atoms with van der Waals surface area (Å²) in [5.41, 5.74) is 0.933. The zero-order valence-corrected chi connectivity index (χ0v) is 21.4. The van der Waals surface area contributed by atoms with E-state index in [1.165, 1.54) is 6.42 Å². The Balaban J connectivity index is 1.30. The lowest BCUT2D eigenvalue weighted by molar-refractivity contribution is -0.144. The fraction of sp³-hybridized carbons (Fsp3) is 0.571. The average molecular weight is 512 g/mol. The molecular formula is C28H37N3O6. The van der Waals surface area contributed by atoms with Gasteiger partial charge in [0.2, 0.25) is 18.6 Å². The summed E-state index contributed by atoms with van der Waals surface area (Å²) in [5.74, 6) is 2.12. The van der Waals surface area contributed by atoms with Gasteiger partial charge in [0, 0.05) is 38.6 Å². The van der Waals surface area contributed by atoms with E-state index in [2.05, 4.69) is 4.90 Å². The number of nitrogens with zero attached hydrogens (tertiary/aromatic N) is 3. The van der Waals surface area contributed by atoms with Gasteiger partial charge in [0.15, 0.2) is 11.5 Å². The van der Waals surface area contributed by atoms with Crippen molar-refractivity contribution in [3.8, 4) is 11.5 Å². The van der Waals surface area contributed by atoms with Crippen molar-refractivity contribution >= 4 is 11.8 Å². The molecule has 1 saturated carbocycles. The number of fused-ring (bicyclic) bond motifs is 1. The van der Waals surface area contributed by atoms with Gasteiger partial charge in [-0.1, -0.05) is 25.3 Å². The molecule has 2 aliphatic heterocycles. The molecule has 9 heteroatoms. The third-order valence-electron chi connectivity index (χ3n) is 7.47. The van der Waals surface area contributed by atoms with Crippen LogP contribution in [0.1, 0.15) is 43.4 Å². The number of benzene rings is 1. The van der Waals surface area contributed by atoms with Crippen molar-refractivity contribution < 1.29 is 28.2 Å². The Bertz CT molecular complexity index is 1030. The monoisotopic (exact) mass is 511 g/mol. The maximum Gasteiger partial charge on any atom is 0.242 e. The lowest BCUT2D eigenvalue weighted by Gasteiger charge is -2.33. The number of carbonyl (C=O) groups is 2. The Kier molecular flexibility index (Phi) is 8.63. The second kappa shape index (κ2) is 12.5. The third-order valence-corrected chi connectivity index (χ3v) is 7.47. The largest absolute Gasteiger partial charge is 0.467 e.